The summed E-state index contributed by atoms with van der Waals surface area (Å²) in [7, 11) is 1.60. The molecule has 0 amide bonds. The molecule has 0 fully saturated rings. The largest absolute Gasteiger partial charge is 0.493 e. The fourth-order valence-electron chi connectivity index (χ4n) is 3.93. The van der Waals surface area contributed by atoms with Gasteiger partial charge in [-0.1, -0.05) is 30.3 Å². The van der Waals surface area contributed by atoms with E-state index in [1.165, 1.54) is 6.07 Å². The van der Waals surface area contributed by atoms with Crippen molar-refractivity contribution in [1.82, 2.24) is 4.57 Å². The number of methoxy groups -OCH3 is 1. The average Bonchev–Trinajstić information content (AvgIpc) is 2.77. The van der Waals surface area contributed by atoms with Crippen LogP contribution in [0, 0.1) is 0 Å². The van der Waals surface area contributed by atoms with Crippen LogP contribution < -0.4 is 14.9 Å². The molecule has 1 aliphatic heterocycles. The number of fused-ring (bicyclic) bond motifs is 3. The SMILES string of the molecule is CCOC(=O)c1cn2c(cc1=O)-c1cc(OC)c(OCc3ccccc3)cc1CC2C. The predicted molar refractivity (Wildman–Crippen MR) is 118 cm³/mol. The summed E-state index contributed by atoms with van der Waals surface area (Å²) >= 11 is 0. The molecule has 0 spiro atoms. The Bertz CT molecular complexity index is 1170. The summed E-state index contributed by atoms with van der Waals surface area (Å²) in [4.78, 5) is 24.8. The van der Waals surface area contributed by atoms with Crippen LogP contribution in [0.25, 0.3) is 11.3 Å². The second-order valence-corrected chi connectivity index (χ2v) is 7.55. The average molecular weight is 419 g/mol. The van der Waals surface area contributed by atoms with Crippen LogP contribution in [0.5, 0.6) is 11.5 Å². The molecule has 6 nitrogen and oxygen atoms in total. The van der Waals surface area contributed by atoms with Crippen molar-refractivity contribution in [2.75, 3.05) is 13.7 Å². The number of hydrogen-bond acceptors (Lipinski definition) is 5. The number of aromatic nitrogens is 1. The van der Waals surface area contributed by atoms with Gasteiger partial charge in [-0.3, -0.25) is 4.79 Å². The molecule has 0 N–H and O–H groups in total. The van der Waals surface area contributed by atoms with E-state index < -0.39 is 5.97 Å². The summed E-state index contributed by atoms with van der Waals surface area (Å²) in [6.07, 6.45) is 2.34. The van der Waals surface area contributed by atoms with Gasteiger partial charge in [0, 0.05) is 23.9 Å². The third kappa shape index (κ3) is 4.06. The van der Waals surface area contributed by atoms with E-state index >= 15 is 0 Å². The molecule has 3 aromatic rings. The molecule has 1 aliphatic rings. The van der Waals surface area contributed by atoms with E-state index in [0.29, 0.717) is 18.1 Å². The Morgan fingerprint density at radius 3 is 2.61 bits per heavy atom. The molecule has 2 aromatic carbocycles. The van der Waals surface area contributed by atoms with Gasteiger partial charge in [0.15, 0.2) is 16.9 Å². The molecule has 6 heteroatoms. The fourth-order valence-corrected chi connectivity index (χ4v) is 3.93. The molecule has 31 heavy (non-hydrogen) atoms. The Balaban J connectivity index is 1.73. The zero-order valence-corrected chi connectivity index (χ0v) is 17.9. The van der Waals surface area contributed by atoms with Gasteiger partial charge in [0.25, 0.3) is 0 Å². The van der Waals surface area contributed by atoms with Crippen LogP contribution in [0.15, 0.2) is 59.5 Å². The summed E-state index contributed by atoms with van der Waals surface area (Å²) in [6.45, 7) is 4.43. The molecule has 0 aliphatic carbocycles. The molecule has 1 aromatic heterocycles. The molecule has 0 radical (unpaired) electrons. The summed E-state index contributed by atoms with van der Waals surface area (Å²) in [6, 6.07) is 15.4. The van der Waals surface area contributed by atoms with E-state index in [2.05, 4.69) is 6.92 Å². The minimum absolute atomic E-state index is 0.0516. The lowest BCUT2D eigenvalue weighted by atomic mass is 9.92. The van der Waals surface area contributed by atoms with Gasteiger partial charge in [0.1, 0.15) is 12.2 Å². The van der Waals surface area contributed by atoms with Gasteiger partial charge in [-0.2, -0.15) is 0 Å². The predicted octanol–water partition coefficient (Wildman–Crippen LogP) is 4.40. The molecule has 1 unspecified atom stereocenters. The van der Waals surface area contributed by atoms with Crippen LogP contribution >= 0.6 is 0 Å². The van der Waals surface area contributed by atoms with Crippen molar-refractivity contribution in [2.24, 2.45) is 0 Å². The highest BCUT2D eigenvalue weighted by molar-refractivity contribution is 5.89. The lowest BCUT2D eigenvalue weighted by molar-refractivity contribution is 0.0523. The van der Waals surface area contributed by atoms with Crippen molar-refractivity contribution >= 4 is 5.97 Å². The summed E-state index contributed by atoms with van der Waals surface area (Å²) in [5.74, 6) is 0.664. The normalized spacial score (nSPS) is 14.4. The molecule has 0 saturated heterocycles. The minimum atomic E-state index is -0.594. The number of benzene rings is 2. The van der Waals surface area contributed by atoms with Gasteiger partial charge in [-0.05, 0) is 43.5 Å². The Labute approximate surface area is 181 Å². The van der Waals surface area contributed by atoms with Crippen molar-refractivity contribution in [3.8, 4) is 22.8 Å². The van der Waals surface area contributed by atoms with Crippen molar-refractivity contribution in [2.45, 2.75) is 32.9 Å². The zero-order chi connectivity index (χ0) is 22.0. The number of pyridine rings is 1. The summed E-state index contributed by atoms with van der Waals surface area (Å²) in [5.41, 5.74) is 3.48. The van der Waals surface area contributed by atoms with E-state index in [4.69, 9.17) is 14.2 Å². The first-order valence-electron chi connectivity index (χ1n) is 10.3. The lowest BCUT2D eigenvalue weighted by Crippen LogP contribution is -2.25. The molecular formula is C25H25NO5. The number of ether oxygens (including phenoxy) is 3. The summed E-state index contributed by atoms with van der Waals surface area (Å²) in [5, 5.41) is 0. The second-order valence-electron chi connectivity index (χ2n) is 7.55. The van der Waals surface area contributed by atoms with Crippen molar-refractivity contribution in [1.29, 1.82) is 0 Å². The number of carbonyl (C=O) groups is 1. The van der Waals surface area contributed by atoms with Crippen LogP contribution in [0.4, 0.5) is 0 Å². The van der Waals surface area contributed by atoms with Crippen molar-refractivity contribution < 1.29 is 19.0 Å². The van der Waals surface area contributed by atoms with Crippen LogP contribution in [0.1, 0.15) is 41.4 Å². The van der Waals surface area contributed by atoms with E-state index in [-0.39, 0.29) is 23.6 Å². The Kier molecular flexibility index (Phi) is 5.80. The van der Waals surface area contributed by atoms with Gasteiger partial charge in [-0.25, -0.2) is 4.79 Å². The van der Waals surface area contributed by atoms with E-state index in [1.54, 1.807) is 20.2 Å². The van der Waals surface area contributed by atoms with E-state index in [1.807, 2.05) is 47.0 Å². The maximum atomic E-state index is 12.6. The number of esters is 1. The Morgan fingerprint density at radius 2 is 1.90 bits per heavy atom. The Hall–Kier alpha value is -3.54. The second kappa shape index (κ2) is 8.68. The zero-order valence-electron chi connectivity index (χ0n) is 17.9. The fraction of sp³-hybridized carbons (Fsp3) is 0.280. The maximum absolute atomic E-state index is 12.6. The van der Waals surface area contributed by atoms with Crippen LogP contribution in [0.3, 0.4) is 0 Å². The van der Waals surface area contributed by atoms with Crippen LogP contribution in [-0.4, -0.2) is 24.3 Å². The van der Waals surface area contributed by atoms with E-state index in [0.717, 1.165) is 28.8 Å². The molecule has 160 valence electrons. The first-order chi connectivity index (χ1) is 15.0. The monoisotopic (exact) mass is 419 g/mol. The number of rotatable bonds is 6. The number of nitrogens with zero attached hydrogens (tertiary/aromatic N) is 1. The topological polar surface area (TPSA) is 66.8 Å². The lowest BCUT2D eigenvalue weighted by Gasteiger charge is -2.29. The van der Waals surface area contributed by atoms with Gasteiger partial charge in [0.05, 0.1) is 19.4 Å². The molecule has 2 heterocycles. The third-order valence-corrected chi connectivity index (χ3v) is 5.47. The highest BCUT2D eigenvalue weighted by Crippen LogP contribution is 2.41. The smallest absolute Gasteiger partial charge is 0.343 e. The van der Waals surface area contributed by atoms with Crippen molar-refractivity contribution in [3.63, 3.8) is 0 Å². The van der Waals surface area contributed by atoms with Crippen LogP contribution in [0.2, 0.25) is 0 Å². The van der Waals surface area contributed by atoms with Crippen LogP contribution in [-0.2, 0) is 17.8 Å². The summed E-state index contributed by atoms with van der Waals surface area (Å²) < 4.78 is 18.6. The highest BCUT2D eigenvalue weighted by atomic mass is 16.5. The van der Waals surface area contributed by atoms with Gasteiger partial charge in [0.2, 0.25) is 0 Å². The number of hydrogen-bond donors (Lipinski definition) is 0. The molecule has 1 atom stereocenters. The van der Waals surface area contributed by atoms with E-state index in [9.17, 15) is 9.59 Å². The first kappa shape index (κ1) is 20.7. The quantitative estimate of drug-likeness (QED) is 0.554. The highest BCUT2D eigenvalue weighted by Gasteiger charge is 2.26. The maximum Gasteiger partial charge on any atom is 0.343 e. The Morgan fingerprint density at radius 1 is 1.13 bits per heavy atom. The molecule has 0 saturated carbocycles. The standard InChI is InChI=1S/C25H25NO5/c1-4-30-25(28)20-14-26-16(2)10-18-11-24(31-15-17-8-6-5-7-9-17)23(29-3)12-19(18)21(26)13-22(20)27/h5-9,11-14,16H,4,10,15H2,1-3H3. The van der Waals surface area contributed by atoms with Gasteiger partial charge >= 0.3 is 5.97 Å². The minimum Gasteiger partial charge on any atom is -0.493 e. The molecule has 4 rings (SSSR count). The van der Waals surface area contributed by atoms with Crippen molar-refractivity contribution in [3.05, 3.63) is 81.6 Å². The molecular weight excluding hydrogens is 394 g/mol. The van der Waals surface area contributed by atoms with Gasteiger partial charge in [-0.15, -0.1) is 0 Å². The number of carbonyl (C=O) groups excluding carboxylic acids is 1. The van der Waals surface area contributed by atoms with Gasteiger partial charge < -0.3 is 18.8 Å². The third-order valence-electron chi connectivity index (χ3n) is 5.47. The molecule has 0 bridgehead atoms. The first-order valence-corrected chi connectivity index (χ1v) is 10.3.